The number of hydrogen-bond acceptors (Lipinski definition) is 1. The number of amidine groups is 1. The fourth-order valence-corrected chi connectivity index (χ4v) is 1.69. The normalized spacial score (nSPS) is 23.8. The van der Waals surface area contributed by atoms with Gasteiger partial charge in [0.1, 0.15) is 0 Å². The van der Waals surface area contributed by atoms with Gasteiger partial charge in [0.25, 0.3) is 0 Å². The maximum Gasteiger partial charge on any atom is 0.0976 e. The quantitative estimate of drug-likeness (QED) is 0.455. The zero-order valence-corrected chi connectivity index (χ0v) is 8.37. The van der Waals surface area contributed by atoms with E-state index in [1.54, 1.807) is 6.92 Å². The van der Waals surface area contributed by atoms with Gasteiger partial charge >= 0.3 is 0 Å². The van der Waals surface area contributed by atoms with Crippen LogP contribution in [0.25, 0.3) is 0 Å². The number of allylic oxidation sites excluding steroid dienone is 1. The van der Waals surface area contributed by atoms with Crippen LogP contribution < -0.4 is 0 Å². The number of hydrogen-bond donors (Lipinski definition) is 1. The van der Waals surface area contributed by atoms with Gasteiger partial charge in [-0.2, -0.15) is 0 Å². The third-order valence-corrected chi connectivity index (χ3v) is 2.78. The highest BCUT2D eigenvalue weighted by atomic mass is 35.5. The Morgan fingerprint density at radius 3 is 2.33 bits per heavy atom. The molecule has 12 heavy (non-hydrogen) atoms. The fraction of sp³-hybridized carbons (Fsp3) is 0.444. The van der Waals surface area contributed by atoms with E-state index in [0.717, 1.165) is 11.3 Å². The Balaban J connectivity index is 3.03. The molecule has 0 aromatic rings. The summed E-state index contributed by atoms with van der Waals surface area (Å²) >= 11 is 5.99. The van der Waals surface area contributed by atoms with Crippen LogP contribution in [0.3, 0.4) is 0 Å². The molecule has 1 N–H and O–H groups in total. The molecule has 0 fully saturated rings. The van der Waals surface area contributed by atoms with Gasteiger partial charge in [-0.05, 0) is 26.3 Å². The summed E-state index contributed by atoms with van der Waals surface area (Å²) < 4.78 is 0. The van der Waals surface area contributed by atoms with Crippen molar-refractivity contribution in [3.63, 3.8) is 0 Å². The van der Waals surface area contributed by atoms with Gasteiger partial charge in [-0.25, -0.2) is 0 Å². The van der Waals surface area contributed by atoms with Gasteiger partial charge < -0.3 is 4.90 Å². The number of halogens is 1. The Labute approximate surface area is 78.0 Å². The lowest BCUT2D eigenvalue weighted by Gasteiger charge is -2.24. The SMILES string of the molecule is C=C1C(Cl)=C(C)C(C)N1C(C)=N. The van der Waals surface area contributed by atoms with Crippen LogP contribution in [-0.4, -0.2) is 16.8 Å². The third kappa shape index (κ3) is 1.16. The first-order valence-electron chi connectivity index (χ1n) is 3.86. The van der Waals surface area contributed by atoms with Crippen molar-refractivity contribution in [3.05, 3.63) is 22.9 Å². The van der Waals surface area contributed by atoms with E-state index in [2.05, 4.69) is 6.58 Å². The van der Waals surface area contributed by atoms with Gasteiger partial charge in [0, 0.05) is 0 Å². The van der Waals surface area contributed by atoms with Crippen molar-refractivity contribution < 1.29 is 0 Å². The van der Waals surface area contributed by atoms with Crippen molar-refractivity contribution in [3.8, 4) is 0 Å². The molecule has 0 aromatic carbocycles. The molecule has 1 unspecified atom stereocenters. The standard InChI is InChI=1S/C9H13ClN2/c1-5-6(2)12(8(4)11)7(3)9(5)10/h6,11H,3H2,1-2,4H3. The first kappa shape index (κ1) is 9.33. The Bertz CT molecular complexity index is 278. The molecule has 0 spiro atoms. The number of nitrogens with zero attached hydrogens (tertiary/aromatic N) is 1. The van der Waals surface area contributed by atoms with Gasteiger partial charge in [0.2, 0.25) is 0 Å². The summed E-state index contributed by atoms with van der Waals surface area (Å²) in [7, 11) is 0. The minimum atomic E-state index is 0.183. The van der Waals surface area contributed by atoms with Crippen molar-refractivity contribution in [2.24, 2.45) is 0 Å². The maximum atomic E-state index is 7.51. The van der Waals surface area contributed by atoms with Crippen LogP contribution in [0.5, 0.6) is 0 Å². The summed E-state index contributed by atoms with van der Waals surface area (Å²) in [5, 5.41) is 8.22. The van der Waals surface area contributed by atoms with Crippen molar-refractivity contribution in [2.45, 2.75) is 26.8 Å². The van der Waals surface area contributed by atoms with Crippen LogP contribution in [0, 0.1) is 5.41 Å². The van der Waals surface area contributed by atoms with Crippen molar-refractivity contribution in [1.29, 1.82) is 5.41 Å². The summed E-state index contributed by atoms with van der Waals surface area (Å²) in [5.74, 6) is 0.488. The smallest absolute Gasteiger partial charge is 0.0976 e. The molecule has 1 heterocycles. The fourth-order valence-electron chi connectivity index (χ4n) is 1.44. The summed E-state index contributed by atoms with van der Waals surface area (Å²) in [6, 6.07) is 0.183. The Morgan fingerprint density at radius 1 is 1.67 bits per heavy atom. The molecular formula is C9H13ClN2. The van der Waals surface area contributed by atoms with Crippen LogP contribution in [-0.2, 0) is 0 Å². The summed E-state index contributed by atoms with van der Waals surface area (Å²) in [6.07, 6.45) is 0. The zero-order valence-electron chi connectivity index (χ0n) is 7.61. The number of nitrogens with one attached hydrogen (secondary N) is 1. The van der Waals surface area contributed by atoms with E-state index in [9.17, 15) is 0 Å². The van der Waals surface area contributed by atoms with E-state index in [1.165, 1.54) is 0 Å². The highest BCUT2D eigenvalue weighted by molar-refractivity contribution is 6.33. The van der Waals surface area contributed by atoms with Gasteiger partial charge in [0.05, 0.1) is 22.6 Å². The Hall–Kier alpha value is -0.760. The summed E-state index contributed by atoms with van der Waals surface area (Å²) in [6.45, 7) is 9.57. The molecule has 0 amide bonds. The van der Waals surface area contributed by atoms with Crippen LogP contribution in [0.2, 0.25) is 0 Å². The highest BCUT2D eigenvalue weighted by Crippen LogP contribution is 2.34. The molecule has 1 atom stereocenters. The van der Waals surface area contributed by atoms with Crippen LogP contribution in [0.4, 0.5) is 0 Å². The first-order chi connectivity index (χ1) is 5.46. The average molecular weight is 185 g/mol. The largest absolute Gasteiger partial charge is 0.323 e. The minimum Gasteiger partial charge on any atom is -0.323 e. The zero-order chi connectivity index (χ0) is 9.46. The molecule has 0 bridgehead atoms. The molecule has 66 valence electrons. The second-order valence-corrected chi connectivity index (χ2v) is 3.45. The Kier molecular flexibility index (Phi) is 2.29. The van der Waals surface area contributed by atoms with Crippen LogP contribution in [0.1, 0.15) is 20.8 Å². The second-order valence-electron chi connectivity index (χ2n) is 3.08. The van der Waals surface area contributed by atoms with Crippen LogP contribution >= 0.6 is 11.6 Å². The average Bonchev–Trinajstić information content (AvgIpc) is 2.16. The number of rotatable bonds is 0. The predicted molar refractivity (Wildman–Crippen MR) is 52.4 cm³/mol. The minimum absolute atomic E-state index is 0.183. The third-order valence-electron chi connectivity index (χ3n) is 2.27. The van der Waals surface area contributed by atoms with Gasteiger partial charge in [-0.1, -0.05) is 18.2 Å². The van der Waals surface area contributed by atoms with E-state index in [-0.39, 0.29) is 6.04 Å². The predicted octanol–water partition coefficient (Wildman–Crippen LogP) is 2.71. The molecule has 0 radical (unpaired) electrons. The molecule has 0 saturated carbocycles. The van der Waals surface area contributed by atoms with Gasteiger partial charge in [0.15, 0.2) is 0 Å². The first-order valence-corrected chi connectivity index (χ1v) is 4.24. The van der Waals surface area contributed by atoms with Gasteiger partial charge in [-0.15, -0.1) is 0 Å². The van der Waals surface area contributed by atoms with E-state index in [4.69, 9.17) is 17.0 Å². The summed E-state index contributed by atoms with van der Waals surface area (Å²) in [4.78, 5) is 1.83. The molecule has 0 aromatic heterocycles. The molecule has 0 saturated heterocycles. The molecule has 1 aliphatic rings. The van der Waals surface area contributed by atoms with E-state index in [0.29, 0.717) is 10.9 Å². The van der Waals surface area contributed by atoms with E-state index in [1.807, 2.05) is 18.7 Å². The lowest BCUT2D eigenvalue weighted by atomic mass is 10.2. The Morgan fingerprint density at radius 2 is 2.17 bits per heavy atom. The molecule has 3 heteroatoms. The van der Waals surface area contributed by atoms with Crippen molar-refractivity contribution in [2.75, 3.05) is 0 Å². The van der Waals surface area contributed by atoms with E-state index >= 15 is 0 Å². The van der Waals surface area contributed by atoms with Crippen molar-refractivity contribution >= 4 is 17.4 Å². The van der Waals surface area contributed by atoms with Gasteiger partial charge in [-0.3, -0.25) is 5.41 Å². The lowest BCUT2D eigenvalue weighted by molar-refractivity contribution is 0.477. The molecule has 1 aliphatic heterocycles. The van der Waals surface area contributed by atoms with E-state index < -0.39 is 0 Å². The maximum absolute atomic E-state index is 7.51. The monoisotopic (exact) mass is 184 g/mol. The summed E-state index contributed by atoms with van der Waals surface area (Å²) in [5.41, 5.74) is 1.84. The lowest BCUT2D eigenvalue weighted by Crippen LogP contribution is -2.31. The second kappa shape index (κ2) is 2.94. The molecule has 1 rings (SSSR count). The molecule has 0 aliphatic carbocycles. The van der Waals surface area contributed by atoms with Crippen molar-refractivity contribution in [1.82, 2.24) is 4.90 Å². The topological polar surface area (TPSA) is 27.1 Å². The molecule has 2 nitrogen and oxygen atoms in total. The van der Waals surface area contributed by atoms with Crippen LogP contribution in [0.15, 0.2) is 22.9 Å². The highest BCUT2D eigenvalue weighted by Gasteiger charge is 2.29. The molecular weight excluding hydrogens is 172 g/mol.